The summed E-state index contributed by atoms with van der Waals surface area (Å²) in [5.41, 5.74) is 8.18. The summed E-state index contributed by atoms with van der Waals surface area (Å²) in [5.74, 6) is 0.403. The molecule has 58 heavy (non-hydrogen) atoms. The Hall–Kier alpha value is -5.79. The Morgan fingerprint density at radius 1 is 0.603 bits per heavy atom. The number of nitrogens with zero attached hydrogens (tertiary/aromatic N) is 2. The summed E-state index contributed by atoms with van der Waals surface area (Å²) < 4.78 is 13.5. The molecule has 0 bridgehead atoms. The van der Waals surface area contributed by atoms with Crippen molar-refractivity contribution in [2.75, 3.05) is 18.5 Å². The molecule has 12 nitrogen and oxygen atoms in total. The third kappa shape index (κ3) is 14.9. The second-order valence-corrected chi connectivity index (χ2v) is 13.9. The zero-order valence-corrected chi connectivity index (χ0v) is 33.4. The number of nitrogens with two attached hydrogens (primary N) is 1. The number of nitrogens with one attached hydrogen (secondary N) is 3. The number of ether oxygens (including phenoxy) is 2. The lowest BCUT2D eigenvalue weighted by atomic mass is 10.1. The van der Waals surface area contributed by atoms with Gasteiger partial charge in [0.15, 0.2) is 0 Å². The molecule has 2 aromatic heterocycles. The van der Waals surface area contributed by atoms with Crippen LogP contribution >= 0.6 is 11.6 Å². The Morgan fingerprint density at radius 3 is 1.40 bits per heavy atom. The van der Waals surface area contributed by atoms with Crippen LogP contribution in [-0.4, -0.2) is 32.3 Å². The summed E-state index contributed by atoms with van der Waals surface area (Å²) in [4.78, 5) is 53.5. The van der Waals surface area contributed by atoms with E-state index in [1.165, 1.54) is 22.3 Å². The van der Waals surface area contributed by atoms with E-state index < -0.39 is 16.9 Å². The first kappa shape index (κ1) is 46.6. The summed E-state index contributed by atoms with van der Waals surface area (Å²) in [7, 11) is 0. The van der Waals surface area contributed by atoms with Crippen LogP contribution in [0.1, 0.15) is 81.5 Å². The van der Waals surface area contributed by atoms with Crippen LogP contribution in [0.15, 0.2) is 153 Å². The van der Waals surface area contributed by atoms with Gasteiger partial charge in [0.2, 0.25) is 0 Å². The molecule has 13 heteroatoms. The number of halogens is 1. The van der Waals surface area contributed by atoms with Gasteiger partial charge in [-0.1, -0.05) is 140 Å². The van der Waals surface area contributed by atoms with E-state index in [-0.39, 0.29) is 55.5 Å². The number of benzene rings is 4. The van der Waals surface area contributed by atoms with E-state index in [4.69, 9.17) is 26.8 Å². The molecule has 308 valence electrons. The van der Waals surface area contributed by atoms with Crippen molar-refractivity contribution in [1.29, 1.82) is 0 Å². The van der Waals surface area contributed by atoms with Crippen LogP contribution in [0, 0.1) is 0 Å². The topological polar surface area (TPSA) is 166 Å². The van der Waals surface area contributed by atoms with Crippen molar-refractivity contribution in [3.63, 3.8) is 0 Å². The fraction of sp³-hybridized carbons (Fsp3) is 0.289. The molecule has 0 saturated heterocycles. The normalized spacial score (nSPS) is 12.6. The van der Waals surface area contributed by atoms with Gasteiger partial charge in [-0.25, -0.2) is 9.59 Å². The van der Waals surface area contributed by atoms with Gasteiger partial charge in [-0.2, -0.15) is 0 Å². The first-order chi connectivity index (χ1) is 27.4. The molecule has 6 rings (SSSR count). The van der Waals surface area contributed by atoms with Crippen molar-refractivity contribution in [3.8, 4) is 0 Å². The Kier molecular flexibility index (Phi) is 19.3. The smallest absolute Gasteiger partial charge is 0.330 e. The molecule has 0 spiro atoms. The molecule has 0 unspecified atom stereocenters. The summed E-state index contributed by atoms with van der Waals surface area (Å²) in [6, 6.07) is 41.3. The van der Waals surface area contributed by atoms with E-state index in [1.807, 2.05) is 135 Å². The van der Waals surface area contributed by atoms with Crippen LogP contribution in [-0.2, 0) is 22.7 Å². The Balaban J connectivity index is 0.000000260. The van der Waals surface area contributed by atoms with Gasteiger partial charge in [0, 0.05) is 24.2 Å². The zero-order chi connectivity index (χ0) is 41.2. The van der Waals surface area contributed by atoms with E-state index >= 15 is 0 Å². The van der Waals surface area contributed by atoms with Crippen LogP contribution in [0.25, 0.3) is 0 Å². The van der Waals surface area contributed by atoms with Crippen molar-refractivity contribution in [1.82, 2.24) is 19.1 Å². The highest BCUT2D eigenvalue weighted by atomic mass is 35.5. The minimum atomic E-state index is -0.529. The molecule has 0 fully saturated rings. The first-order valence-corrected chi connectivity index (χ1v) is 19.0. The number of rotatable bonds is 14. The number of hydrogen-bond donors (Lipinski definition) is 4. The molecule has 2 heterocycles. The summed E-state index contributed by atoms with van der Waals surface area (Å²) in [6.45, 7) is 8.90. The second kappa shape index (κ2) is 24.1. The molecule has 0 aliphatic heterocycles. The van der Waals surface area contributed by atoms with Gasteiger partial charge in [-0.05, 0) is 49.9 Å². The third-order valence-corrected chi connectivity index (χ3v) is 8.92. The van der Waals surface area contributed by atoms with Crippen LogP contribution in [0.4, 0.5) is 5.82 Å². The Bertz CT molecular complexity index is 2250. The minimum absolute atomic E-state index is 0. The molecule has 6 aromatic rings. The van der Waals surface area contributed by atoms with Crippen molar-refractivity contribution >= 4 is 17.4 Å². The monoisotopic (exact) mass is 810 g/mol. The number of aromatic nitrogens is 4. The van der Waals surface area contributed by atoms with E-state index in [2.05, 4.69) is 15.3 Å². The van der Waals surface area contributed by atoms with Gasteiger partial charge < -0.3 is 20.5 Å². The molecule has 0 amide bonds. The fourth-order valence-corrected chi connectivity index (χ4v) is 5.87. The largest absolute Gasteiger partial charge is 0.375 e. The molecule has 5 N–H and O–H groups in total. The van der Waals surface area contributed by atoms with Gasteiger partial charge in [-0.3, -0.25) is 28.7 Å². The predicted octanol–water partition coefficient (Wildman–Crippen LogP) is 7.80. The maximum Gasteiger partial charge on any atom is 0.330 e. The molecule has 0 saturated carbocycles. The average Bonchev–Trinajstić information content (AvgIpc) is 3.19. The molecular weight excluding hydrogens is 756 g/mol. The standard InChI is InChI=1S/C22H25N3O3.C14H15ClN2O3.C8H11N.CH4/c1-16(14-28-15-18-9-5-3-6-10-18)25-21(26)13-20(24-22(25)27)23-17(2)19-11-7-4-8-12-19;1-10(8-20-9-11-5-3-2-4-6-11)17-13(18)7-12(15)16-14(17)19;1-7(9)8-5-3-2-4-6-8;/h3-13,16-17,23H,14-15H2,1-2H3,(H,24,27);2-7,10H,8-9H2,1H3,(H,16,19);2-7H,9H2,1H3;1H4/t16-,17+;10-;7-;/m110./s1. The van der Waals surface area contributed by atoms with Gasteiger partial charge in [-0.15, -0.1) is 0 Å². The second-order valence-electron chi connectivity index (χ2n) is 13.5. The summed E-state index contributed by atoms with van der Waals surface area (Å²) >= 11 is 5.61. The van der Waals surface area contributed by atoms with Crippen molar-refractivity contribution < 1.29 is 9.47 Å². The van der Waals surface area contributed by atoms with E-state index in [0.29, 0.717) is 19.0 Å². The number of aromatic amines is 2. The predicted molar refractivity (Wildman–Crippen MR) is 234 cm³/mol. The van der Waals surface area contributed by atoms with E-state index in [9.17, 15) is 19.2 Å². The summed E-state index contributed by atoms with van der Waals surface area (Å²) in [6.07, 6.45) is 0. The molecule has 4 aromatic carbocycles. The maximum atomic E-state index is 12.5. The molecule has 0 radical (unpaired) electrons. The number of H-pyrrole nitrogens is 2. The SMILES string of the molecule is C.C[C@H](COCc1ccccc1)n1c(=O)cc(Cl)[nH]c1=O.C[C@H](N)c1ccccc1.C[C@H](Nc1cc(=O)n([C@H](C)COCc2ccccc2)c(=O)[nH]1)c1ccccc1. The minimum Gasteiger partial charge on any atom is -0.375 e. The van der Waals surface area contributed by atoms with Crippen molar-refractivity contribution in [2.24, 2.45) is 5.73 Å². The highest BCUT2D eigenvalue weighted by Gasteiger charge is 2.14. The molecule has 0 aliphatic rings. The lowest BCUT2D eigenvalue weighted by Crippen LogP contribution is -2.38. The summed E-state index contributed by atoms with van der Waals surface area (Å²) in [5, 5.41) is 3.21. The highest BCUT2D eigenvalue weighted by molar-refractivity contribution is 6.29. The van der Waals surface area contributed by atoms with Gasteiger partial charge >= 0.3 is 11.4 Å². The van der Waals surface area contributed by atoms with E-state index in [1.54, 1.807) is 13.8 Å². The zero-order valence-electron chi connectivity index (χ0n) is 32.6. The molecular formula is C45H55ClN6O6. The highest BCUT2D eigenvalue weighted by Crippen LogP contribution is 2.16. The Labute approximate surface area is 344 Å². The third-order valence-electron chi connectivity index (χ3n) is 8.72. The van der Waals surface area contributed by atoms with E-state index in [0.717, 1.165) is 21.3 Å². The van der Waals surface area contributed by atoms with Crippen molar-refractivity contribution in [3.05, 3.63) is 203 Å². The number of anilines is 1. The lowest BCUT2D eigenvalue weighted by molar-refractivity contribution is 0.0926. The first-order valence-electron chi connectivity index (χ1n) is 18.7. The van der Waals surface area contributed by atoms with Crippen molar-refractivity contribution in [2.45, 2.75) is 72.5 Å². The van der Waals surface area contributed by atoms with Crippen LogP contribution in [0.5, 0.6) is 0 Å². The average molecular weight is 811 g/mol. The Morgan fingerprint density at radius 2 is 1.00 bits per heavy atom. The molecule has 0 aliphatic carbocycles. The molecule has 4 atom stereocenters. The van der Waals surface area contributed by atoms with Crippen LogP contribution < -0.4 is 33.5 Å². The van der Waals surface area contributed by atoms with Gasteiger partial charge in [0.05, 0.1) is 38.5 Å². The number of hydrogen-bond acceptors (Lipinski definition) is 8. The van der Waals surface area contributed by atoms with Gasteiger partial charge in [0.25, 0.3) is 11.1 Å². The van der Waals surface area contributed by atoms with Gasteiger partial charge in [0.1, 0.15) is 11.0 Å². The fourth-order valence-electron chi connectivity index (χ4n) is 5.70. The van der Waals surface area contributed by atoms with Crippen LogP contribution in [0.2, 0.25) is 5.15 Å². The lowest BCUT2D eigenvalue weighted by Gasteiger charge is -2.18. The quantitative estimate of drug-likeness (QED) is 0.0810. The van der Waals surface area contributed by atoms with Crippen LogP contribution in [0.3, 0.4) is 0 Å². The maximum absolute atomic E-state index is 12.5.